The van der Waals surface area contributed by atoms with Crippen LogP contribution in [0, 0.1) is 6.92 Å². The molecule has 6 nitrogen and oxygen atoms in total. The standard InChI is InChI=1S/C13H20N6/c1-5-6-15-12-10(4)13(19-8-14-7-16-19)18-11(17-12)9(2)3/h7-9H,5-6H2,1-4H3,(H,15,17,18). The number of hydrogen-bond donors (Lipinski definition) is 1. The van der Waals surface area contributed by atoms with Crippen LogP contribution in [-0.2, 0) is 0 Å². The molecule has 1 N–H and O–H groups in total. The van der Waals surface area contributed by atoms with Crippen LogP contribution in [0.3, 0.4) is 0 Å². The van der Waals surface area contributed by atoms with Gasteiger partial charge in [-0.05, 0) is 13.3 Å². The molecule has 0 unspecified atom stereocenters. The Hall–Kier alpha value is -1.98. The molecule has 19 heavy (non-hydrogen) atoms. The molecule has 0 spiro atoms. The molecule has 2 aromatic heterocycles. The van der Waals surface area contributed by atoms with E-state index in [0.29, 0.717) is 0 Å². The fourth-order valence-corrected chi connectivity index (χ4v) is 1.74. The van der Waals surface area contributed by atoms with Crippen molar-refractivity contribution in [1.82, 2.24) is 24.7 Å². The van der Waals surface area contributed by atoms with Gasteiger partial charge in [0.15, 0.2) is 5.82 Å². The van der Waals surface area contributed by atoms with Crippen molar-refractivity contribution in [1.29, 1.82) is 0 Å². The van der Waals surface area contributed by atoms with Gasteiger partial charge in [-0.3, -0.25) is 0 Å². The van der Waals surface area contributed by atoms with E-state index in [1.165, 1.54) is 6.33 Å². The maximum Gasteiger partial charge on any atom is 0.163 e. The summed E-state index contributed by atoms with van der Waals surface area (Å²) >= 11 is 0. The third-order valence-electron chi connectivity index (χ3n) is 2.83. The monoisotopic (exact) mass is 260 g/mol. The van der Waals surface area contributed by atoms with E-state index < -0.39 is 0 Å². The molecule has 2 rings (SSSR count). The molecule has 0 radical (unpaired) electrons. The van der Waals surface area contributed by atoms with E-state index in [-0.39, 0.29) is 5.92 Å². The Labute approximate surface area is 113 Å². The quantitative estimate of drug-likeness (QED) is 0.893. The van der Waals surface area contributed by atoms with E-state index in [4.69, 9.17) is 0 Å². The van der Waals surface area contributed by atoms with Crippen molar-refractivity contribution >= 4 is 5.82 Å². The number of anilines is 1. The molecular weight excluding hydrogens is 240 g/mol. The van der Waals surface area contributed by atoms with Crippen molar-refractivity contribution in [2.75, 3.05) is 11.9 Å². The Kier molecular flexibility index (Phi) is 4.09. The summed E-state index contributed by atoms with van der Waals surface area (Å²) in [6, 6.07) is 0. The zero-order chi connectivity index (χ0) is 13.8. The number of hydrogen-bond acceptors (Lipinski definition) is 5. The lowest BCUT2D eigenvalue weighted by Gasteiger charge is -2.14. The predicted molar refractivity (Wildman–Crippen MR) is 74.6 cm³/mol. The predicted octanol–water partition coefficient (Wildman–Crippen LogP) is 2.31. The first-order valence-electron chi connectivity index (χ1n) is 6.60. The minimum Gasteiger partial charge on any atom is -0.370 e. The van der Waals surface area contributed by atoms with Crippen LogP contribution in [0.1, 0.15) is 44.5 Å². The lowest BCUT2D eigenvalue weighted by Crippen LogP contribution is -2.13. The molecule has 0 aliphatic carbocycles. The van der Waals surface area contributed by atoms with Gasteiger partial charge in [-0.25, -0.2) is 19.6 Å². The van der Waals surface area contributed by atoms with Crippen LogP contribution >= 0.6 is 0 Å². The second-order valence-electron chi connectivity index (χ2n) is 4.80. The molecule has 6 heteroatoms. The Morgan fingerprint density at radius 1 is 1.32 bits per heavy atom. The molecule has 102 valence electrons. The van der Waals surface area contributed by atoms with Crippen LogP contribution in [-0.4, -0.2) is 31.3 Å². The molecule has 0 aliphatic heterocycles. The van der Waals surface area contributed by atoms with Gasteiger partial charge in [0.05, 0.1) is 0 Å². The molecule has 0 amide bonds. The maximum absolute atomic E-state index is 4.60. The Morgan fingerprint density at radius 3 is 2.68 bits per heavy atom. The number of nitrogens with one attached hydrogen (secondary N) is 1. The highest BCUT2D eigenvalue weighted by Crippen LogP contribution is 2.21. The van der Waals surface area contributed by atoms with Gasteiger partial charge in [-0.2, -0.15) is 5.10 Å². The SMILES string of the molecule is CCCNc1nc(C(C)C)nc(-n2cncn2)c1C. The Balaban J connectivity index is 2.49. The van der Waals surface area contributed by atoms with Gasteiger partial charge in [0, 0.05) is 18.0 Å². The minimum atomic E-state index is 0.269. The van der Waals surface area contributed by atoms with E-state index in [1.54, 1.807) is 11.0 Å². The summed E-state index contributed by atoms with van der Waals surface area (Å²) in [5, 5.41) is 7.50. The normalized spacial score (nSPS) is 11.0. The fraction of sp³-hybridized carbons (Fsp3) is 0.538. The largest absolute Gasteiger partial charge is 0.370 e. The van der Waals surface area contributed by atoms with Gasteiger partial charge in [-0.1, -0.05) is 20.8 Å². The lowest BCUT2D eigenvalue weighted by molar-refractivity contribution is 0.739. The minimum absolute atomic E-state index is 0.269. The van der Waals surface area contributed by atoms with Crippen molar-refractivity contribution in [3.05, 3.63) is 24.0 Å². The highest BCUT2D eigenvalue weighted by molar-refractivity contribution is 5.51. The third-order valence-corrected chi connectivity index (χ3v) is 2.83. The molecule has 2 aromatic rings. The highest BCUT2D eigenvalue weighted by Gasteiger charge is 2.14. The van der Waals surface area contributed by atoms with Crippen LogP contribution in [0.15, 0.2) is 12.7 Å². The lowest BCUT2D eigenvalue weighted by atomic mass is 10.2. The van der Waals surface area contributed by atoms with E-state index >= 15 is 0 Å². The zero-order valence-electron chi connectivity index (χ0n) is 11.9. The second kappa shape index (κ2) is 5.77. The van der Waals surface area contributed by atoms with Gasteiger partial charge in [0.2, 0.25) is 0 Å². The molecule has 2 heterocycles. The summed E-state index contributed by atoms with van der Waals surface area (Å²) in [5.41, 5.74) is 0.989. The van der Waals surface area contributed by atoms with Crippen molar-refractivity contribution < 1.29 is 0 Å². The molecule has 0 aromatic carbocycles. The van der Waals surface area contributed by atoms with Crippen molar-refractivity contribution in [2.24, 2.45) is 0 Å². The second-order valence-corrected chi connectivity index (χ2v) is 4.80. The van der Waals surface area contributed by atoms with Gasteiger partial charge in [0.1, 0.15) is 24.3 Å². The van der Waals surface area contributed by atoms with Crippen molar-refractivity contribution in [2.45, 2.75) is 40.0 Å². The zero-order valence-corrected chi connectivity index (χ0v) is 11.9. The van der Waals surface area contributed by atoms with Crippen molar-refractivity contribution in [3.63, 3.8) is 0 Å². The van der Waals surface area contributed by atoms with Crippen LogP contribution in [0.25, 0.3) is 5.82 Å². The van der Waals surface area contributed by atoms with E-state index in [2.05, 4.69) is 46.1 Å². The van der Waals surface area contributed by atoms with Gasteiger partial charge >= 0.3 is 0 Å². The average Bonchev–Trinajstić information content (AvgIpc) is 2.91. The Bertz CT molecular complexity index is 532. The summed E-state index contributed by atoms with van der Waals surface area (Å²) in [5.74, 6) is 2.75. The highest BCUT2D eigenvalue weighted by atomic mass is 15.3. The van der Waals surface area contributed by atoms with E-state index in [0.717, 1.165) is 36.0 Å². The molecule has 0 saturated carbocycles. The summed E-state index contributed by atoms with van der Waals surface area (Å²) in [4.78, 5) is 13.2. The number of nitrogens with zero attached hydrogens (tertiary/aromatic N) is 5. The Morgan fingerprint density at radius 2 is 2.11 bits per heavy atom. The van der Waals surface area contributed by atoms with E-state index in [1.807, 2.05) is 6.92 Å². The first-order chi connectivity index (χ1) is 9.13. The molecule has 0 saturated heterocycles. The van der Waals surface area contributed by atoms with Gasteiger partial charge in [-0.15, -0.1) is 0 Å². The summed E-state index contributed by atoms with van der Waals surface area (Å²) in [6.45, 7) is 9.19. The van der Waals surface area contributed by atoms with Crippen LogP contribution < -0.4 is 5.32 Å². The van der Waals surface area contributed by atoms with Gasteiger partial charge in [0.25, 0.3) is 0 Å². The summed E-state index contributed by atoms with van der Waals surface area (Å²) in [7, 11) is 0. The molecule has 0 fully saturated rings. The number of aromatic nitrogens is 5. The van der Waals surface area contributed by atoms with Crippen LogP contribution in [0.5, 0.6) is 0 Å². The van der Waals surface area contributed by atoms with E-state index in [9.17, 15) is 0 Å². The van der Waals surface area contributed by atoms with Crippen molar-refractivity contribution in [3.8, 4) is 5.82 Å². The van der Waals surface area contributed by atoms with Gasteiger partial charge < -0.3 is 5.32 Å². The van der Waals surface area contributed by atoms with Crippen LogP contribution in [0.2, 0.25) is 0 Å². The molecule has 0 aliphatic rings. The maximum atomic E-state index is 4.60. The fourth-order valence-electron chi connectivity index (χ4n) is 1.74. The molecule has 0 atom stereocenters. The average molecular weight is 260 g/mol. The third kappa shape index (κ3) is 2.89. The topological polar surface area (TPSA) is 68.5 Å². The molecule has 0 bridgehead atoms. The number of rotatable bonds is 5. The summed E-state index contributed by atoms with van der Waals surface area (Å²) < 4.78 is 1.68. The van der Waals surface area contributed by atoms with Crippen LogP contribution in [0.4, 0.5) is 5.82 Å². The first kappa shape index (κ1) is 13.5. The first-order valence-corrected chi connectivity index (χ1v) is 6.60. The molecular formula is C13H20N6. The summed E-state index contributed by atoms with van der Waals surface area (Å²) in [6.07, 6.45) is 4.22. The smallest absolute Gasteiger partial charge is 0.163 e.